The molecule has 1 fully saturated rings. The Bertz CT molecular complexity index is 1370. The number of Topliss-reactive ketones (excluding diaryl/α,β-unsaturated/α-hetero) is 1. The highest BCUT2D eigenvalue weighted by Gasteiger charge is 2.44. The minimum absolute atomic E-state index is 0.0996. The van der Waals surface area contributed by atoms with E-state index in [4.69, 9.17) is 27.9 Å². The standard InChI is InChI=1S/C30H30Cl2N2O4/c1-19-16-22(38-18-20-8-5-4-6-9-20)11-13-23(19)28(35)26-27(24-12-10-21(31)17-25(24)32)34(30(37)29(26)36)15-7-14-33(2)3/h4-6,8-13,16-17,27,35H,7,14-15,18H2,1-3H3. The summed E-state index contributed by atoms with van der Waals surface area (Å²) < 4.78 is 5.89. The van der Waals surface area contributed by atoms with Crippen LogP contribution >= 0.6 is 23.2 Å². The average molecular weight is 553 g/mol. The van der Waals surface area contributed by atoms with E-state index in [0.717, 1.165) is 12.1 Å². The van der Waals surface area contributed by atoms with Gasteiger partial charge in [0.15, 0.2) is 0 Å². The zero-order chi connectivity index (χ0) is 27.4. The molecule has 6 nitrogen and oxygen atoms in total. The zero-order valence-electron chi connectivity index (χ0n) is 21.6. The lowest BCUT2D eigenvalue weighted by Gasteiger charge is -2.28. The molecule has 1 heterocycles. The highest BCUT2D eigenvalue weighted by Crippen LogP contribution is 2.42. The van der Waals surface area contributed by atoms with Crippen molar-refractivity contribution in [1.82, 2.24) is 4.90 Å². The van der Waals surface area contributed by atoms with E-state index < -0.39 is 23.5 Å². The largest absolute Gasteiger partial charge is 0.872 e. The number of aryl methyl sites for hydroxylation is 1. The van der Waals surface area contributed by atoms with Gasteiger partial charge in [-0.3, -0.25) is 9.59 Å². The van der Waals surface area contributed by atoms with Gasteiger partial charge in [0.2, 0.25) is 5.78 Å². The molecule has 3 aromatic rings. The van der Waals surface area contributed by atoms with Gasteiger partial charge in [-0.15, -0.1) is 0 Å². The Labute approximate surface area is 233 Å². The van der Waals surface area contributed by atoms with Crippen LogP contribution in [0.5, 0.6) is 5.75 Å². The van der Waals surface area contributed by atoms with E-state index >= 15 is 0 Å². The summed E-state index contributed by atoms with van der Waals surface area (Å²) in [5.41, 5.74) is 2.40. The summed E-state index contributed by atoms with van der Waals surface area (Å²) in [6, 6.07) is 18.8. The van der Waals surface area contributed by atoms with Crippen LogP contribution in [-0.4, -0.2) is 43.8 Å². The van der Waals surface area contributed by atoms with Crippen LogP contribution in [0.1, 0.15) is 34.7 Å². The fourth-order valence-corrected chi connectivity index (χ4v) is 5.13. The minimum Gasteiger partial charge on any atom is -0.872 e. The number of ketones is 1. The molecule has 1 amide bonds. The summed E-state index contributed by atoms with van der Waals surface area (Å²) in [6.07, 6.45) is 0.664. The maximum Gasteiger partial charge on any atom is 0.295 e. The van der Waals surface area contributed by atoms with Crippen LogP contribution in [0.3, 0.4) is 0 Å². The van der Waals surface area contributed by atoms with E-state index in [1.54, 1.807) is 43.3 Å². The number of hydrogen-bond donors (Lipinski definition) is 1. The molecule has 0 spiro atoms. The fourth-order valence-electron chi connectivity index (χ4n) is 4.62. The molecule has 1 atom stereocenters. The van der Waals surface area contributed by atoms with Crippen molar-refractivity contribution in [3.63, 3.8) is 0 Å². The van der Waals surface area contributed by atoms with Crippen LogP contribution in [0, 0.1) is 6.92 Å². The number of halogens is 2. The van der Waals surface area contributed by atoms with Crippen LogP contribution in [0.15, 0.2) is 72.3 Å². The molecule has 8 heteroatoms. The molecule has 1 N–H and O–H groups in total. The van der Waals surface area contributed by atoms with Crippen LogP contribution in [0.2, 0.25) is 10.0 Å². The predicted molar refractivity (Wildman–Crippen MR) is 147 cm³/mol. The Morgan fingerprint density at radius 2 is 1.76 bits per heavy atom. The van der Waals surface area contributed by atoms with E-state index in [-0.39, 0.29) is 5.57 Å². The quantitative estimate of drug-likeness (QED) is 0.250. The molecule has 3 aromatic carbocycles. The van der Waals surface area contributed by atoms with Crippen LogP contribution in [-0.2, 0) is 16.2 Å². The van der Waals surface area contributed by atoms with E-state index in [2.05, 4.69) is 0 Å². The number of benzene rings is 3. The minimum atomic E-state index is -0.891. The van der Waals surface area contributed by atoms with Gasteiger partial charge in [0.25, 0.3) is 5.91 Å². The molecule has 0 bridgehead atoms. The van der Waals surface area contributed by atoms with Crippen molar-refractivity contribution in [2.45, 2.75) is 26.0 Å². The molecule has 4 rings (SSSR count). The first kappa shape index (κ1) is 27.7. The van der Waals surface area contributed by atoms with Crippen molar-refractivity contribution < 1.29 is 24.3 Å². The van der Waals surface area contributed by atoms with Gasteiger partial charge >= 0.3 is 0 Å². The van der Waals surface area contributed by atoms with Gasteiger partial charge in [0.05, 0.1) is 26.7 Å². The summed E-state index contributed by atoms with van der Waals surface area (Å²) in [5.74, 6) is -1.38. The molecule has 1 aliphatic rings. The van der Waals surface area contributed by atoms with Gasteiger partial charge in [-0.1, -0.05) is 71.4 Å². The summed E-state index contributed by atoms with van der Waals surface area (Å²) in [6.45, 7) is 3.29. The lowest BCUT2D eigenvalue weighted by molar-refractivity contribution is -0.858. The summed E-state index contributed by atoms with van der Waals surface area (Å²) in [5, 5.41) is 14.6. The van der Waals surface area contributed by atoms with Crippen molar-refractivity contribution in [3.05, 3.63) is 105 Å². The first-order valence-electron chi connectivity index (χ1n) is 12.5. The van der Waals surface area contributed by atoms with Crippen molar-refractivity contribution in [2.75, 3.05) is 27.2 Å². The second-order valence-electron chi connectivity index (χ2n) is 9.70. The Hall–Kier alpha value is -3.32. The molecule has 1 aliphatic heterocycles. The molecule has 1 saturated heterocycles. The third-order valence-corrected chi connectivity index (χ3v) is 7.12. The topological polar surface area (TPSA) is 74.1 Å². The second-order valence-corrected chi connectivity index (χ2v) is 10.5. The molecule has 1 unspecified atom stereocenters. The maximum atomic E-state index is 13.9. The van der Waals surface area contributed by atoms with Crippen molar-refractivity contribution in [3.8, 4) is 5.75 Å². The van der Waals surface area contributed by atoms with Crippen LogP contribution < -0.4 is 14.7 Å². The molecule has 0 aliphatic carbocycles. The number of hydrogen-bond acceptors (Lipinski definition) is 4. The van der Waals surface area contributed by atoms with Crippen molar-refractivity contribution >= 4 is 40.7 Å². The lowest BCUT2D eigenvalue weighted by Crippen LogP contribution is -3.05. The number of likely N-dealkylation sites (tertiary alicyclic amines) is 1. The smallest absolute Gasteiger partial charge is 0.295 e. The number of carbonyl (C=O) groups is 2. The predicted octanol–water partition coefficient (Wildman–Crippen LogP) is 3.64. The number of nitrogens with zero attached hydrogens (tertiary/aromatic N) is 1. The molecule has 0 saturated carbocycles. The molecule has 198 valence electrons. The Morgan fingerprint density at radius 1 is 1.03 bits per heavy atom. The first-order valence-corrected chi connectivity index (χ1v) is 13.2. The third-order valence-electron chi connectivity index (χ3n) is 6.55. The van der Waals surface area contributed by atoms with Gasteiger partial charge < -0.3 is 19.6 Å². The molecule has 0 radical (unpaired) electrons. The number of rotatable bonds is 9. The van der Waals surface area contributed by atoms with Crippen LogP contribution in [0.25, 0.3) is 5.76 Å². The highest BCUT2D eigenvalue weighted by molar-refractivity contribution is 6.47. The first-order chi connectivity index (χ1) is 18.2. The normalized spacial score (nSPS) is 16.9. The van der Waals surface area contributed by atoms with E-state index in [9.17, 15) is 14.7 Å². The van der Waals surface area contributed by atoms with Gasteiger partial charge in [-0.05, 0) is 53.4 Å². The van der Waals surface area contributed by atoms with Gasteiger partial charge in [-0.25, -0.2) is 0 Å². The van der Waals surface area contributed by atoms with Gasteiger partial charge in [0.1, 0.15) is 12.4 Å². The SMILES string of the molecule is Cc1cc(OCc2ccccc2)ccc1C([O-])=C1C(=O)C(=O)N(CCC[NH+](C)C)C1c1ccc(Cl)cc1Cl. The molecule has 0 aromatic heterocycles. The summed E-state index contributed by atoms with van der Waals surface area (Å²) in [4.78, 5) is 29.1. The Morgan fingerprint density at radius 3 is 2.42 bits per heavy atom. The molecular weight excluding hydrogens is 523 g/mol. The highest BCUT2D eigenvalue weighted by atomic mass is 35.5. The van der Waals surface area contributed by atoms with Gasteiger partial charge in [-0.2, -0.15) is 0 Å². The summed E-state index contributed by atoms with van der Waals surface area (Å²) in [7, 11) is 4.03. The van der Waals surface area contributed by atoms with E-state index in [1.165, 1.54) is 9.80 Å². The number of amides is 1. The van der Waals surface area contributed by atoms with Crippen molar-refractivity contribution in [1.29, 1.82) is 0 Å². The Balaban J connectivity index is 1.71. The maximum absolute atomic E-state index is 13.9. The zero-order valence-corrected chi connectivity index (χ0v) is 23.1. The van der Waals surface area contributed by atoms with Gasteiger partial charge in [0, 0.05) is 28.6 Å². The molecular formula is C30H30Cl2N2O4. The number of carbonyl (C=O) groups excluding carboxylic acids is 2. The average Bonchev–Trinajstić information content (AvgIpc) is 3.12. The third kappa shape index (κ3) is 6.04. The monoisotopic (exact) mass is 552 g/mol. The van der Waals surface area contributed by atoms with E-state index in [1.807, 2.05) is 44.4 Å². The van der Waals surface area contributed by atoms with E-state index in [0.29, 0.717) is 52.1 Å². The number of quaternary nitrogens is 1. The fraction of sp³-hybridized carbons (Fsp3) is 0.267. The van der Waals surface area contributed by atoms with Crippen LogP contribution in [0.4, 0.5) is 0 Å². The number of ether oxygens (including phenoxy) is 1. The summed E-state index contributed by atoms with van der Waals surface area (Å²) >= 11 is 12.6. The van der Waals surface area contributed by atoms with Crippen molar-refractivity contribution in [2.24, 2.45) is 0 Å². The number of nitrogens with one attached hydrogen (secondary N) is 1. The molecule has 38 heavy (non-hydrogen) atoms. The lowest BCUT2D eigenvalue weighted by atomic mass is 9.93. The second kappa shape index (κ2) is 12.0. The Kier molecular flexibility index (Phi) is 8.77.